The van der Waals surface area contributed by atoms with Crippen molar-refractivity contribution >= 4 is 23.3 Å². The topological polar surface area (TPSA) is 82.3 Å². The van der Waals surface area contributed by atoms with E-state index in [1.54, 1.807) is 6.92 Å². The van der Waals surface area contributed by atoms with Gasteiger partial charge in [-0.3, -0.25) is 19.9 Å². The minimum absolute atomic E-state index is 0.0136. The summed E-state index contributed by atoms with van der Waals surface area (Å²) in [5.41, 5.74) is -2.85. The average Bonchev–Trinajstić information content (AvgIpc) is 2.60. The van der Waals surface area contributed by atoms with Crippen molar-refractivity contribution in [3.8, 4) is 0 Å². The molecular weight excluding hydrogens is 389 g/mol. The third kappa shape index (κ3) is 4.02. The maximum atomic E-state index is 12.9. The summed E-state index contributed by atoms with van der Waals surface area (Å²) in [5, 5.41) is 10.5. The molecule has 1 aromatic carbocycles. The molecule has 1 atom stereocenters. The predicted molar refractivity (Wildman–Crippen MR) is 90.4 cm³/mol. The van der Waals surface area contributed by atoms with Crippen molar-refractivity contribution in [2.45, 2.75) is 25.4 Å². The van der Waals surface area contributed by atoms with Crippen LogP contribution in [0.15, 0.2) is 36.5 Å². The predicted octanol–water partition coefficient (Wildman–Crippen LogP) is 4.53. The van der Waals surface area contributed by atoms with E-state index >= 15 is 0 Å². The number of esters is 1. The van der Waals surface area contributed by atoms with E-state index in [0.29, 0.717) is 12.3 Å². The summed E-state index contributed by atoms with van der Waals surface area (Å²) in [6, 6.07) is 5.64. The molecule has 0 aliphatic rings. The summed E-state index contributed by atoms with van der Waals surface area (Å²) in [6.45, 7) is 2.96. The second-order valence-corrected chi connectivity index (χ2v) is 6.11. The maximum absolute atomic E-state index is 12.9. The third-order valence-electron chi connectivity index (χ3n) is 3.98. The smallest absolute Gasteiger partial charge is 0.417 e. The number of rotatable bonds is 5. The lowest BCUT2D eigenvalue weighted by molar-refractivity contribution is -0.384. The fraction of sp³-hybridized carbons (Fsp3) is 0.294. The molecule has 1 aromatic heterocycles. The molecule has 0 saturated heterocycles. The van der Waals surface area contributed by atoms with E-state index in [1.807, 2.05) is 0 Å². The summed E-state index contributed by atoms with van der Waals surface area (Å²) < 4.78 is 43.6. The zero-order valence-corrected chi connectivity index (χ0v) is 15.0. The Bertz CT molecular complexity index is 871. The number of nitro benzene ring substituents is 1. The van der Waals surface area contributed by atoms with Crippen LogP contribution in [0.3, 0.4) is 0 Å². The highest BCUT2D eigenvalue weighted by Gasteiger charge is 2.43. The van der Waals surface area contributed by atoms with Gasteiger partial charge in [-0.2, -0.15) is 13.2 Å². The number of hydrogen-bond acceptors (Lipinski definition) is 5. The second-order valence-electron chi connectivity index (χ2n) is 5.70. The van der Waals surface area contributed by atoms with E-state index in [4.69, 9.17) is 16.3 Å². The van der Waals surface area contributed by atoms with Crippen molar-refractivity contribution in [2.75, 3.05) is 6.61 Å². The Hall–Kier alpha value is -2.68. The SMILES string of the molecule is CCOC(=O)C(C)(c1ccc([N+](=O)[O-])cc1)c1ncc(C(F)(F)F)cc1Cl. The van der Waals surface area contributed by atoms with Crippen molar-refractivity contribution < 1.29 is 27.6 Å². The molecule has 1 unspecified atom stereocenters. The van der Waals surface area contributed by atoms with Crippen LogP contribution in [-0.4, -0.2) is 22.5 Å². The molecule has 1 heterocycles. The zero-order chi connectivity index (χ0) is 20.4. The van der Waals surface area contributed by atoms with Gasteiger partial charge in [0.15, 0.2) is 0 Å². The first-order valence-corrected chi connectivity index (χ1v) is 8.05. The number of ether oxygens (including phenoxy) is 1. The highest BCUT2D eigenvalue weighted by atomic mass is 35.5. The molecule has 0 saturated carbocycles. The van der Waals surface area contributed by atoms with Gasteiger partial charge in [-0.15, -0.1) is 0 Å². The molecule has 0 aliphatic heterocycles. The molecule has 2 rings (SSSR count). The molecule has 0 fully saturated rings. The minimum atomic E-state index is -4.65. The molecular formula is C17H14ClF3N2O4. The molecule has 0 bridgehead atoms. The summed E-state index contributed by atoms with van der Waals surface area (Å²) >= 11 is 6.02. The van der Waals surface area contributed by atoms with Crippen LogP contribution in [-0.2, 0) is 21.1 Å². The van der Waals surface area contributed by atoms with Gasteiger partial charge in [0.1, 0.15) is 5.41 Å². The molecule has 10 heteroatoms. The number of nitrogens with zero attached hydrogens (tertiary/aromatic N) is 2. The standard InChI is InChI=1S/C17H14ClF3N2O4/c1-3-27-15(24)16(2,10-4-6-12(7-5-10)23(25)26)14-13(18)8-11(9-22-14)17(19,20)21/h4-9H,3H2,1-2H3. The lowest BCUT2D eigenvalue weighted by atomic mass is 9.78. The van der Waals surface area contributed by atoms with Crippen LogP contribution in [0.1, 0.15) is 30.7 Å². The van der Waals surface area contributed by atoms with Crippen LogP contribution >= 0.6 is 11.6 Å². The lowest BCUT2D eigenvalue weighted by Crippen LogP contribution is -2.37. The van der Waals surface area contributed by atoms with Gasteiger partial charge < -0.3 is 4.74 Å². The van der Waals surface area contributed by atoms with Crippen LogP contribution in [0, 0.1) is 10.1 Å². The summed E-state index contributed by atoms with van der Waals surface area (Å²) in [5.74, 6) is -0.798. The number of alkyl halides is 3. The Morgan fingerprint density at radius 2 is 1.85 bits per heavy atom. The van der Waals surface area contributed by atoms with Crippen molar-refractivity contribution in [3.05, 3.63) is 68.5 Å². The summed E-state index contributed by atoms with van der Waals surface area (Å²) in [6.07, 6.45) is -4.08. The summed E-state index contributed by atoms with van der Waals surface area (Å²) in [7, 11) is 0. The molecule has 0 spiro atoms. The Labute approximate surface area is 157 Å². The van der Waals surface area contributed by atoms with Crippen LogP contribution in [0.5, 0.6) is 0 Å². The molecule has 0 radical (unpaired) electrons. The van der Waals surface area contributed by atoms with Gasteiger partial charge in [0, 0.05) is 18.3 Å². The molecule has 6 nitrogen and oxygen atoms in total. The molecule has 27 heavy (non-hydrogen) atoms. The number of carbonyl (C=O) groups excluding carboxylic acids is 1. The van der Waals surface area contributed by atoms with Gasteiger partial charge >= 0.3 is 12.1 Å². The molecule has 144 valence electrons. The largest absolute Gasteiger partial charge is 0.465 e. The fourth-order valence-electron chi connectivity index (χ4n) is 2.50. The third-order valence-corrected chi connectivity index (χ3v) is 4.27. The second kappa shape index (κ2) is 7.51. The number of benzene rings is 1. The van der Waals surface area contributed by atoms with Crippen molar-refractivity contribution in [1.29, 1.82) is 0 Å². The number of halogens is 4. The van der Waals surface area contributed by atoms with Crippen LogP contribution in [0.25, 0.3) is 0 Å². The normalized spacial score (nSPS) is 13.7. The van der Waals surface area contributed by atoms with E-state index in [0.717, 1.165) is 0 Å². The van der Waals surface area contributed by atoms with Gasteiger partial charge in [0.05, 0.1) is 27.8 Å². The monoisotopic (exact) mass is 402 g/mol. The number of hydrogen-bond donors (Lipinski definition) is 0. The van der Waals surface area contributed by atoms with E-state index in [9.17, 15) is 28.1 Å². The van der Waals surface area contributed by atoms with Crippen LogP contribution < -0.4 is 0 Å². The Morgan fingerprint density at radius 1 is 1.26 bits per heavy atom. The minimum Gasteiger partial charge on any atom is -0.465 e. The van der Waals surface area contributed by atoms with Crippen molar-refractivity contribution in [2.24, 2.45) is 0 Å². The Morgan fingerprint density at radius 3 is 2.30 bits per heavy atom. The number of nitro groups is 1. The number of non-ortho nitro benzene ring substituents is 1. The summed E-state index contributed by atoms with van der Waals surface area (Å²) in [4.78, 5) is 26.6. The molecule has 2 aromatic rings. The molecule has 0 amide bonds. The molecule has 0 aliphatic carbocycles. The highest BCUT2D eigenvalue weighted by molar-refractivity contribution is 6.31. The average molecular weight is 403 g/mol. The van der Waals surface area contributed by atoms with E-state index < -0.39 is 28.0 Å². The van der Waals surface area contributed by atoms with Gasteiger partial charge in [0.25, 0.3) is 5.69 Å². The van der Waals surface area contributed by atoms with Gasteiger partial charge in [0.2, 0.25) is 0 Å². The van der Waals surface area contributed by atoms with E-state index in [1.165, 1.54) is 31.2 Å². The number of aromatic nitrogens is 1. The van der Waals surface area contributed by atoms with Crippen molar-refractivity contribution in [3.63, 3.8) is 0 Å². The number of pyridine rings is 1. The van der Waals surface area contributed by atoms with Gasteiger partial charge in [-0.25, -0.2) is 0 Å². The Kier molecular flexibility index (Phi) is 5.74. The highest BCUT2D eigenvalue weighted by Crippen LogP contribution is 2.39. The van der Waals surface area contributed by atoms with E-state index in [2.05, 4.69) is 4.98 Å². The van der Waals surface area contributed by atoms with Gasteiger partial charge in [-0.05, 0) is 25.5 Å². The zero-order valence-electron chi connectivity index (χ0n) is 14.2. The lowest BCUT2D eigenvalue weighted by Gasteiger charge is -2.28. The van der Waals surface area contributed by atoms with Crippen molar-refractivity contribution in [1.82, 2.24) is 4.98 Å². The maximum Gasteiger partial charge on any atom is 0.417 e. The first kappa shape index (κ1) is 20.6. The number of carbonyl (C=O) groups is 1. The first-order valence-electron chi connectivity index (χ1n) is 7.67. The van der Waals surface area contributed by atoms with Crippen LogP contribution in [0.4, 0.5) is 18.9 Å². The molecule has 0 N–H and O–H groups in total. The van der Waals surface area contributed by atoms with E-state index in [-0.39, 0.29) is 28.6 Å². The van der Waals surface area contributed by atoms with Gasteiger partial charge in [-0.1, -0.05) is 23.7 Å². The van der Waals surface area contributed by atoms with Crippen LogP contribution in [0.2, 0.25) is 5.02 Å². The first-order chi connectivity index (χ1) is 12.5. The Balaban J connectivity index is 2.64. The fourth-order valence-corrected chi connectivity index (χ4v) is 2.86. The quantitative estimate of drug-likeness (QED) is 0.417.